The molecule has 1 heterocycles. The van der Waals surface area contributed by atoms with Crippen molar-refractivity contribution >= 4 is 0 Å². The Hall–Kier alpha value is -2.16. The fourth-order valence-corrected chi connectivity index (χ4v) is 2.59. The zero-order valence-corrected chi connectivity index (χ0v) is 14.9. The highest BCUT2D eigenvalue weighted by atomic mass is 16.6. The topological polar surface area (TPSA) is 36.9 Å². The number of ether oxygens (including phenoxy) is 4. The summed E-state index contributed by atoms with van der Waals surface area (Å²) in [6.07, 6.45) is 0. The molecule has 26 heavy (non-hydrogen) atoms. The zero-order valence-electron chi connectivity index (χ0n) is 14.9. The molecule has 0 amide bonds. The Morgan fingerprint density at radius 3 is 1.35 bits per heavy atom. The fourth-order valence-electron chi connectivity index (χ4n) is 2.59. The molecule has 1 aliphatic heterocycles. The molecule has 0 saturated carbocycles. The van der Waals surface area contributed by atoms with Gasteiger partial charge in [-0.2, -0.15) is 0 Å². The minimum atomic E-state index is 0.523. The summed E-state index contributed by atoms with van der Waals surface area (Å²) >= 11 is 0. The highest BCUT2D eigenvalue weighted by Gasteiger charge is 2.02. The van der Waals surface area contributed by atoms with Crippen LogP contribution in [0.2, 0.25) is 0 Å². The molecule has 0 radical (unpaired) electrons. The molecule has 2 aromatic carbocycles. The number of rotatable bonds is 0. The van der Waals surface area contributed by atoms with Gasteiger partial charge in [0.15, 0.2) is 0 Å². The first-order valence-corrected chi connectivity index (χ1v) is 8.92. The maximum atomic E-state index is 5.72. The van der Waals surface area contributed by atoms with E-state index >= 15 is 0 Å². The average Bonchev–Trinajstić information content (AvgIpc) is 2.68. The standard InChI is InChI=1S/C22H24O4/c1-3-7-21-17-25-15-13-23-11-12-24-14-16-26-18-22-8-4-2-6-20(22)10-9-19(21)5-1/h1-8H,11-18H2. The zero-order chi connectivity index (χ0) is 17.9. The summed E-state index contributed by atoms with van der Waals surface area (Å²) in [7, 11) is 0. The van der Waals surface area contributed by atoms with Crippen molar-refractivity contribution in [1.29, 1.82) is 0 Å². The first-order chi connectivity index (χ1) is 12.9. The molecule has 0 spiro atoms. The van der Waals surface area contributed by atoms with Gasteiger partial charge in [0.1, 0.15) is 0 Å². The Morgan fingerprint density at radius 2 is 0.885 bits per heavy atom. The summed E-state index contributed by atoms with van der Waals surface area (Å²) < 4.78 is 22.4. The Labute approximate surface area is 155 Å². The van der Waals surface area contributed by atoms with E-state index in [9.17, 15) is 0 Å². The summed E-state index contributed by atoms with van der Waals surface area (Å²) in [5.74, 6) is 6.56. The van der Waals surface area contributed by atoms with Crippen LogP contribution in [-0.2, 0) is 32.2 Å². The molecule has 3 rings (SSSR count). The predicted octanol–water partition coefficient (Wildman–Crippen LogP) is 3.17. The number of hydrogen-bond acceptors (Lipinski definition) is 4. The molecule has 0 aromatic heterocycles. The van der Waals surface area contributed by atoms with Crippen LogP contribution in [0.5, 0.6) is 0 Å². The lowest BCUT2D eigenvalue weighted by Gasteiger charge is -2.10. The average molecular weight is 352 g/mol. The van der Waals surface area contributed by atoms with Gasteiger partial charge in [-0.3, -0.25) is 0 Å². The van der Waals surface area contributed by atoms with E-state index in [0.29, 0.717) is 52.9 Å². The summed E-state index contributed by atoms with van der Waals surface area (Å²) in [6.45, 7) is 4.39. The van der Waals surface area contributed by atoms with Gasteiger partial charge >= 0.3 is 0 Å². The number of hydrogen-bond donors (Lipinski definition) is 0. The second kappa shape index (κ2) is 10.7. The molecule has 0 bridgehead atoms. The van der Waals surface area contributed by atoms with Crippen LogP contribution in [0.1, 0.15) is 22.3 Å². The van der Waals surface area contributed by atoms with Crippen LogP contribution in [0, 0.1) is 11.8 Å². The van der Waals surface area contributed by atoms with Crippen LogP contribution in [0.3, 0.4) is 0 Å². The molecule has 0 unspecified atom stereocenters. The van der Waals surface area contributed by atoms with Crippen LogP contribution >= 0.6 is 0 Å². The van der Waals surface area contributed by atoms with Crippen LogP contribution in [0.25, 0.3) is 0 Å². The normalized spacial score (nSPS) is 16.9. The molecule has 136 valence electrons. The highest BCUT2D eigenvalue weighted by Crippen LogP contribution is 2.12. The van der Waals surface area contributed by atoms with Crippen LogP contribution in [0.4, 0.5) is 0 Å². The molecule has 0 saturated heterocycles. The minimum absolute atomic E-state index is 0.523. The molecule has 0 fully saturated rings. The van der Waals surface area contributed by atoms with Crippen molar-refractivity contribution in [1.82, 2.24) is 0 Å². The van der Waals surface area contributed by atoms with Gasteiger partial charge < -0.3 is 18.9 Å². The molecule has 0 N–H and O–H groups in total. The lowest BCUT2D eigenvalue weighted by molar-refractivity contribution is -0.00623. The van der Waals surface area contributed by atoms with Crippen LogP contribution < -0.4 is 0 Å². The fraction of sp³-hybridized carbons (Fsp3) is 0.364. The maximum Gasteiger partial charge on any atom is 0.0730 e. The van der Waals surface area contributed by atoms with Gasteiger partial charge in [0.05, 0.1) is 52.9 Å². The highest BCUT2D eigenvalue weighted by molar-refractivity contribution is 5.48. The van der Waals surface area contributed by atoms with E-state index in [2.05, 4.69) is 11.8 Å². The third kappa shape index (κ3) is 5.98. The molecule has 4 heteroatoms. The Balaban J connectivity index is 1.78. The molecule has 4 nitrogen and oxygen atoms in total. The van der Waals surface area contributed by atoms with Gasteiger partial charge in [0.2, 0.25) is 0 Å². The SMILES string of the molecule is C1#Cc2ccccc2COCCOCCOCCOCc2ccccc21. The quantitative estimate of drug-likeness (QED) is 0.683. The van der Waals surface area contributed by atoms with Crippen LogP contribution in [-0.4, -0.2) is 39.6 Å². The summed E-state index contributed by atoms with van der Waals surface area (Å²) in [6, 6.07) is 16.2. The Bertz CT molecular complexity index is 684. The smallest absolute Gasteiger partial charge is 0.0730 e. The predicted molar refractivity (Wildman–Crippen MR) is 99.8 cm³/mol. The van der Waals surface area contributed by atoms with E-state index in [1.54, 1.807) is 0 Å². The molecule has 0 aliphatic carbocycles. The van der Waals surface area contributed by atoms with Gasteiger partial charge in [0.25, 0.3) is 0 Å². The number of benzene rings is 2. The van der Waals surface area contributed by atoms with E-state index in [-0.39, 0.29) is 0 Å². The Morgan fingerprint density at radius 1 is 0.500 bits per heavy atom. The molecule has 0 atom stereocenters. The largest absolute Gasteiger partial charge is 0.377 e. The second-order valence-electron chi connectivity index (χ2n) is 5.89. The van der Waals surface area contributed by atoms with Gasteiger partial charge in [-0.05, 0) is 23.3 Å². The minimum Gasteiger partial charge on any atom is -0.377 e. The first kappa shape index (κ1) is 18.6. The van der Waals surface area contributed by atoms with Gasteiger partial charge in [-0.15, -0.1) is 0 Å². The van der Waals surface area contributed by atoms with Crippen LogP contribution in [0.15, 0.2) is 48.5 Å². The van der Waals surface area contributed by atoms with Gasteiger partial charge in [0, 0.05) is 11.1 Å². The lowest BCUT2D eigenvalue weighted by atomic mass is 10.1. The van der Waals surface area contributed by atoms with E-state index < -0.39 is 0 Å². The molecular formula is C22H24O4. The van der Waals surface area contributed by atoms with Gasteiger partial charge in [-0.25, -0.2) is 0 Å². The Kier molecular flexibility index (Phi) is 7.70. The third-order valence-electron chi connectivity index (χ3n) is 4.00. The summed E-state index contributed by atoms with van der Waals surface area (Å²) in [5, 5.41) is 0. The van der Waals surface area contributed by atoms with Crippen molar-refractivity contribution in [3.8, 4) is 11.8 Å². The molecule has 2 aromatic rings. The second-order valence-corrected chi connectivity index (χ2v) is 5.89. The van der Waals surface area contributed by atoms with Crippen molar-refractivity contribution in [3.05, 3.63) is 70.8 Å². The first-order valence-electron chi connectivity index (χ1n) is 8.92. The molecule has 1 aliphatic rings. The number of fused-ring (bicyclic) bond motifs is 2. The third-order valence-corrected chi connectivity index (χ3v) is 4.00. The monoisotopic (exact) mass is 352 g/mol. The molecular weight excluding hydrogens is 328 g/mol. The lowest BCUT2D eigenvalue weighted by Crippen LogP contribution is -2.12. The van der Waals surface area contributed by atoms with Crippen molar-refractivity contribution in [2.75, 3.05) is 39.6 Å². The van der Waals surface area contributed by atoms with Crippen molar-refractivity contribution in [2.45, 2.75) is 13.2 Å². The van der Waals surface area contributed by atoms with E-state index in [0.717, 1.165) is 22.3 Å². The summed E-state index contributed by atoms with van der Waals surface area (Å²) in [5.41, 5.74) is 4.13. The van der Waals surface area contributed by atoms with E-state index in [1.807, 2.05) is 48.5 Å². The van der Waals surface area contributed by atoms with Crippen molar-refractivity contribution < 1.29 is 18.9 Å². The summed E-state index contributed by atoms with van der Waals surface area (Å²) in [4.78, 5) is 0. The van der Waals surface area contributed by atoms with E-state index in [4.69, 9.17) is 18.9 Å². The van der Waals surface area contributed by atoms with Crippen molar-refractivity contribution in [3.63, 3.8) is 0 Å². The van der Waals surface area contributed by atoms with E-state index in [1.165, 1.54) is 0 Å². The van der Waals surface area contributed by atoms with Crippen molar-refractivity contribution in [2.24, 2.45) is 0 Å². The maximum absolute atomic E-state index is 5.72. The van der Waals surface area contributed by atoms with Gasteiger partial charge in [-0.1, -0.05) is 48.2 Å².